The van der Waals surface area contributed by atoms with Crippen molar-refractivity contribution in [1.29, 1.82) is 0 Å². The van der Waals surface area contributed by atoms with Gasteiger partial charge in [0.05, 0.1) is 0 Å². The molecule has 0 saturated carbocycles. The van der Waals surface area contributed by atoms with Gasteiger partial charge in [-0.25, -0.2) is 0 Å². The van der Waals surface area contributed by atoms with Crippen molar-refractivity contribution in [2.75, 3.05) is 0 Å². The molecule has 4 heteroatoms. The molecule has 0 amide bonds. The second-order valence-corrected chi connectivity index (χ2v) is 4.77. The summed E-state index contributed by atoms with van der Waals surface area (Å²) in [7, 11) is 0. The van der Waals surface area contributed by atoms with Gasteiger partial charge in [0.15, 0.2) is 0 Å². The molecule has 0 bridgehead atoms. The van der Waals surface area contributed by atoms with Crippen LogP contribution in [0.25, 0.3) is 0 Å². The van der Waals surface area contributed by atoms with Gasteiger partial charge in [-0.15, -0.1) is 0 Å². The Balaban J connectivity index is 2.36. The van der Waals surface area contributed by atoms with E-state index >= 15 is 0 Å². The molecule has 1 aliphatic rings. The van der Waals surface area contributed by atoms with E-state index in [0.29, 0.717) is 11.7 Å². The quantitative estimate of drug-likeness (QED) is 0.744. The molecule has 0 aromatic heterocycles. The maximum atomic E-state index is 12.1. The molecule has 0 aliphatic heterocycles. The van der Waals surface area contributed by atoms with E-state index in [2.05, 4.69) is 27.6 Å². The van der Waals surface area contributed by atoms with Crippen molar-refractivity contribution in [3.63, 3.8) is 0 Å². The van der Waals surface area contributed by atoms with E-state index in [1.807, 2.05) is 6.07 Å². The van der Waals surface area contributed by atoms with Crippen molar-refractivity contribution in [2.24, 2.45) is 5.92 Å². The van der Waals surface area contributed by atoms with Crippen LogP contribution in [0.4, 0.5) is 8.78 Å². The molecular weight excluding hydrogens is 266 g/mol. The Morgan fingerprint density at radius 1 is 1.47 bits per heavy atom. The first-order valence-corrected chi connectivity index (χ1v) is 5.72. The van der Waals surface area contributed by atoms with Crippen LogP contribution in [-0.4, -0.2) is 6.61 Å². The fourth-order valence-corrected chi connectivity index (χ4v) is 2.61. The lowest BCUT2D eigenvalue weighted by molar-refractivity contribution is -0.0504. The summed E-state index contributed by atoms with van der Waals surface area (Å²) in [6.45, 7) is -0.660. The van der Waals surface area contributed by atoms with Crippen LogP contribution >= 0.6 is 15.9 Å². The molecule has 0 fully saturated rings. The van der Waals surface area contributed by atoms with Crippen molar-refractivity contribution in [3.8, 4) is 5.75 Å². The number of alkyl halides is 3. The first-order valence-electron chi connectivity index (χ1n) is 4.80. The van der Waals surface area contributed by atoms with Crippen LogP contribution in [0, 0.1) is 5.92 Å². The highest BCUT2D eigenvalue weighted by Crippen LogP contribution is 2.45. The smallest absolute Gasteiger partial charge is 0.387 e. The lowest BCUT2D eigenvalue weighted by Gasteiger charge is -2.09. The average Bonchev–Trinajstić information content (AvgIpc) is 2.45. The van der Waals surface area contributed by atoms with E-state index in [1.54, 1.807) is 12.1 Å². The van der Waals surface area contributed by atoms with Gasteiger partial charge in [-0.1, -0.05) is 35.0 Å². The maximum Gasteiger partial charge on any atom is 0.387 e. The molecular formula is C11H11BrF2O. The van der Waals surface area contributed by atoms with Gasteiger partial charge >= 0.3 is 6.61 Å². The monoisotopic (exact) mass is 276 g/mol. The zero-order valence-electron chi connectivity index (χ0n) is 8.21. The summed E-state index contributed by atoms with van der Waals surface area (Å²) in [6.07, 6.45) is 0.786. The van der Waals surface area contributed by atoms with Crippen LogP contribution in [0.15, 0.2) is 18.2 Å². The number of fused-ring (bicyclic) bond motifs is 1. The number of halogens is 3. The third kappa shape index (κ3) is 2.00. The topological polar surface area (TPSA) is 9.23 Å². The van der Waals surface area contributed by atoms with Crippen LogP contribution in [0.1, 0.15) is 22.9 Å². The van der Waals surface area contributed by atoms with E-state index in [9.17, 15) is 8.78 Å². The maximum absolute atomic E-state index is 12.1. The molecule has 82 valence electrons. The summed E-state index contributed by atoms with van der Waals surface area (Å²) in [5, 5.41) is 0. The summed E-state index contributed by atoms with van der Waals surface area (Å²) in [6, 6.07) is 5.31. The molecule has 1 aliphatic carbocycles. The molecule has 2 unspecified atom stereocenters. The summed E-state index contributed by atoms with van der Waals surface area (Å²) in [4.78, 5) is 0.244. The Kier molecular flexibility index (Phi) is 2.96. The Morgan fingerprint density at radius 3 is 2.87 bits per heavy atom. The molecule has 1 nitrogen and oxygen atoms in total. The number of hydrogen-bond acceptors (Lipinski definition) is 1. The number of benzene rings is 1. The first-order chi connectivity index (χ1) is 7.09. The molecule has 1 aromatic carbocycles. The lowest BCUT2D eigenvalue weighted by atomic mass is 10.1. The van der Waals surface area contributed by atoms with Crippen molar-refractivity contribution in [1.82, 2.24) is 0 Å². The first kappa shape index (κ1) is 10.9. The molecule has 2 atom stereocenters. The Bertz CT molecular complexity index is 368. The van der Waals surface area contributed by atoms with Crippen LogP contribution in [-0.2, 0) is 6.42 Å². The van der Waals surface area contributed by atoms with Gasteiger partial charge in [-0.3, -0.25) is 0 Å². The van der Waals surface area contributed by atoms with E-state index in [0.717, 1.165) is 17.5 Å². The van der Waals surface area contributed by atoms with Crippen LogP contribution < -0.4 is 4.74 Å². The van der Waals surface area contributed by atoms with Gasteiger partial charge in [-0.05, 0) is 29.5 Å². The van der Waals surface area contributed by atoms with Crippen molar-refractivity contribution >= 4 is 15.9 Å². The predicted octanol–water partition coefficient (Wildman–Crippen LogP) is 3.92. The molecule has 15 heavy (non-hydrogen) atoms. The highest BCUT2D eigenvalue weighted by molar-refractivity contribution is 9.09. The van der Waals surface area contributed by atoms with Crippen LogP contribution in [0.5, 0.6) is 5.75 Å². The van der Waals surface area contributed by atoms with Gasteiger partial charge in [0, 0.05) is 4.83 Å². The van der Waals surface area contributed by atoms with Crippen molar-refractivity contribution < 1.29 is 13.5 Å². The summed E-state index contributed by atoms with van der Waals surface area (Å²) < 4.78 is 28.8. The molecule has 1 aromatic rings. The van der Waals surface area contributed by atoms with Crippen LogP contribution in [0.2, 0.25) is 0 Å². The minimum Gasteiger partial charge on any atom is -0.435 e. The van der Waals surface area contributed by atoms with Gasteiger partial charge in [0.1, 0.15) is 5.75 Å². The zero-order valence-corrected chi connectivity index (χ0v) is 9.80. The Labute approximate surface area is 95.6 Å². The predicted molar refractivity (Wildman–Crippen MR) is 57.6 cm³/mol. The molecule has 2 rings (SSSR count). The molecule has 0 spiro atoms. The fraction of sp³-hybridized carbons (Fsp3) is 0.455. The largest absolute Gasteiger partial charge is 0.435 e. The zero-order chi connectivity index (χ0) is 11.0. The van der Waals surface area contributed by atoms with Crippen LogP contribution in [0.3, 0.4) is 0 Å². The number of rotatable bonds is 2. The van der Waals surface area contributed by atoms with Gasteiger partial charge in [0.2, 0.25) is 0 Å². The van der Waals surface area contributed by atoms with E-state index in [-0.39, 0.29) is 4.83 Å². The van der Waals surface area contributed by atoms with Gasteiger partial charge in [0.25, 0.3) is 0 Å². The summed E-state index contributed by atoms with van der Waals surface area (Å²) >= 11 is 3.56. The SMILES string of the molecule is CC1Cc2c(OC(F)F)cccc2C1Br. The number of ether oxygens (including phenoxy) is 1. The highest BCUT2D eigenvalue weighted by atomic mass is 79.9. The fourth-order valence-electron chi connectivity index (χ4n) is 2.00. The van der Waals surface area contributed by atoms with Gasteiger partial charge < -0.3 is 4.74 Å². The molecule has 0 saturated heterocycles. The summed E-state index contributed by atoms with van der Waals surface area (Å²) in [5.41, 5.74) is 1.98. The van der Waals surface area contributed by atoms with Gasteiger partial charge in [-0.2, -0.15) is 8.78 Å². The normalized spacial score (nSPS) is 24.3. The third-order valence-electron chi connectivity index (χ3n) is 2.71. The summed E-state index contributed by atoms with van der Waals surface area (Å²) in [5.74, 6) is 0.735. The third-order valence-corrected chi connectivity index (χ3v) is 4.10. The minimum absolute atomic E-state index is 0.244. The molecule has 0 N–H and O–H groups in total. The second-order valence-electron chi connectivity index (χ2n) is 3.79. The van der Waals surface area contributed by atoms with E-state index < -0.39 is 6.61 Å². The second kappa shape index (κ2) is 4.08. The standard InChI is InChI=1S/C11H11BrF2O/c1-6-5-8-7(10(6)12)3-2-4-9(8)15-11(13)14/h2-4,6,10-11H,5H2,1H3. The van der Waals surface area contributed by atoms with E-state index in [4.69, 9.17) is 0 Å². The highest BCUT2D eigenvalue weighted by Gasteiger charge is 2.29. The Morgan fingerprint density at radius 2 is 2.20 bits per heavy atom. The molecule has 0 heterocycles. The van der Waals surface area contributed by atoms with Crippen molar-refractivity contribution in [3.05, 3.63) is 29.3 Å². The Hall–Kier alpha value is -0.640. The average molecular weight is 277 g/mol. The number of hydrogen-bond donors (Lipinski definition) is 0. The van der Waals surface area contributed by atoms with E-state index in [1.165, 1.54) is 0 Å². The minimum atomic E-state index is -2.75. The lowest BCUT2D eigenvalue weighted by Crippen LogP contribution is -2.04. The molecule has 0 radical (unpaired) electrons. The van der Waals surface area contributed by atoms with Crippen molar-refractivity contribution in [2.45, 2.75) is 24.8 Å².